The molecule has 1 aliphatic carbocycles. The van der Waals surface area contributed by atoms with Crippen molar-refractivity contribution in [2.24, 2.45) is 5.92 Å². The van der Waals surface area contributed by atoms with Gasteiger partial charge in [0.15, 0.2) is 0 Å². The fourth-order valence-electron chi connectivity index (χ4n) is 2.50. The van der Waals surface area contributed by atoms with Gasteiger partial charge in [-0.25, -0.2) is 0 Å². The normalized spacial score (nSPS) is 15.0. The fraction of sp³-hybridized carbons (Fsp3) is 0.444. The first-order valence-corrected chi connectivity index (χ1v) is 9.32. The van der Waals surface area contributed by atoms with Crippen molar-refractivity contribution in [1.82, 2.24) is 15.5 Å². The summed E-state index contributed by atoms with van der Waals surface area (Å²) in [5, 5.41) is 15.2. The minimum absolute atomic E-state index is 0.0319. The predicted molar refractivity (Wildman–Crippen MR) is 97.4 cm³/mol. The Morgan fingerprint density at radius 3 is 2.56 bits per heavy atom. The Kier molecular flexibility index (Phi) is 5.43. The van der Waals surface area contributed by atoms with Gasteiger partial charge in [-0.3, -0.25) is 14.9 Å². The lowest BCUT2D eigenvalue weighted by Crippen LogP contribution is -2.47. The third kappa shape index (κ3) is 4.85. The molecule has 6 nitrogen and oxygen atoms in total. The molecule has 1 saturated carbocycles. The van der Waals surface area contributed by atoms with Crippen LogP contribution in [0.3, 0.4) is 0 Å². The van der Waals surface area contributed by atoms with Crippen molar-refractivity contribution in [3.05, 3.63) is 40.9 Å². The summed E-state index contributed by atoms with van der Waals surface area (Å²) in [5.74, 6) is 0.0519. The Hall–Kier alpha value is -2.28. The fourth-order valence-corrected chi connectivity index (χ4v) is 3.42. The van der Waals surface area contributed by atoms with Gasteiger partial charge in [0, 0.05) is 5.92 Å². The van der Waals surface area contributed by atoms with Crippen LogP contribution in [0, 0.1) is 5.92 Å². The number of anilines is 1. The molecule has 0 radical (unpaired) electrons. The lowest BCUT2D eigenvalue weighted by molar-refractivity contribution is -0.127. The van der Waals surface area contributed by atoms with Gasteiger partial charge in [-0.05, 0) is 24.3 Å². The maximum absolute atomic E-state index is 12.5. The zero-order valence-corrected chi connectivity index (χ0v) is 15.2. The molecule has 1 atom stereocenters. The van der Waals surface area contributed by atoms with Gasteiger partial charge >= 0.3 is 0 Å². The number of rotatable bonds is 7. The Morgan fingerprint density at radius 2 is 1.92 bits per heavy atom. The molecule has 1 heterocycles. The van der Waals surface area contributed by atoms with Crippen LogP contribution in [0.25, 0.3) is 0 Å². The number of aromatic nitrogens is 2. The van der Waals surface area contributed by atoms with E-state index in [-0.39, 0.29) is 24.2 Å². The Bertz CT molecular complexity index is 741. The number of hydrogen-bond acceptors (Lipinski definition) is 5. The molecule has 1 aromatic carbocycles. The molecule has 7 heteroatoms. The zero-order chi connectivity index (χ0) is 17.8. The minimum atomic E-state index is -0.607. The van der Waals surface area contributed by atoms with E-state index in [4.69, 9.17) is 0 Å². The zero-order valence-electron chi connectivity index (χ0n) is 14.4. The van der Waals surface area contributed by atoms with Gasteiger partial charge in [0.05, 0.1) is 6.42 Å². The molecule has 2 N–H and O–H groups in total. The van der Waals surface area contributed by atoms with Crippen LogP contribution in [0.4, 0.5) is 5.13 Å². The van der Waals surface area contributed by atoms with Crippen LogP contribution >= 0.6 is 11.3 Å². The topological polar surface area (TPSA) is 84.0 Å². The van der Waals surface area contributed by atoms with E-state index in [1.807, 2.05) is 44.2 Å². The molecule has 0 spiro atoms. The Labute approximate surface area is 151 Å². The second kappa shape index (κ2) is 7.74. The monoisotopic (exact) mass is 358 g/mol. The van der Waals surface area contributed by atoms with Crippen molar-refractivity contribution < 1.29 is 9.59 Å². The van der Waals surface area contributed by atoms with Crippen molar-refractivity contribution in [3.8, 4) is 0 Å². The SMILES string of the molecule is CC(C)[C@@H](NC(=O)Cc1ccccc1)C(=O)Nc1nnc(C2CC2)s1. The van der Waals surface area contributed by atoms with E-state index in [1.54, 1.807) is 0 Å². The van der Waals surface area contributed by atoms with E-state index < -0.39 is 6.04 Å². The summed E-state index contributed by atoms with van der Waals surface area (Å²) in [6.45, 7) is 3.81. The number of hydrogen-bond donors (Lipinski definition) is 2. The molecule has 1 fully saturated rings. The lowest BCUT2D eigenvalue weighted by atomic mass is 10.0. The number of nitrogens with one attached hydrogen (secondary N) is 2. The van der Waals surface area contributed by atoms with Gasteiger partial charge in [0.1, 0.15) is 11.0 Å². The quantitative estimate of drug-likeness (QED) is 0.797. The molecular weight excluding hydrogens is 336 g/mol. The summed E-state index contributed by atoms with van der Waals surface area (Å²) in [7, 11) is 0. The van der Waals surface area contributed by atoms with Gasteiger partial charge in [0.2, 0.25) is 16.9 Å². The summed E-state index contributed by atoms with van der Waals surface area (Å²) in [6, 6.07) is 8.87. The first-order valence-electron chi connectivity index (χ1n) is 8.50. The summed E-state index contributed by atoms with van der Waals surface area (Å²) in [5.41, 5.74) is 0.918. The van der Waals surface area contributed by atoms with Crippen LogP contribution in [-0.2, 0) is 16.0 Å². The van der Waals surface area contributed by atoms with Crippen LogP contribution in [0.1, 0.15) is 43.2 Å². The molecule has 0 bridgehead atoms. The van der Waals surface area contributed by atoms with Crippen molar-refractivity contribution in [3.63, 3.8) is 0 Å². The average Bonchev–Trinajstić information content (AvgIpc) is 3.33. The van der Waals surface area contributed by atoms with E-state index in [0.717, 1.165) is 23.4 Å². The minimum Gasteiger partial charge on any atom is -0.344 e. The molecule has 25 heavy (non-hydrogen) atoms. The van der Waals surface area contributed by atoms with E-state index >= 15 is 0 Å². The highest BCUT2D eigenvalue weighted by Crippen LogP contribution is 2.42. The predicted octanol–water partition coefficient (Wildman–Crippen LogP) is 2.74. The summed E-state index contributed by atoms with van der Waals surface area (Å²) in [6.07, 6.45) is 2.54. The lowest BCUT2D eigenvalue weighted by Gasteiger charge is -2.21. The maximum Gasteiger partial charge on any atom is 0.249 e. The second-order valence-electron chi connectivity index (χ2n) is 6.66. The molecule has 2 aromatic rings. The standard InChI is InChI=1S/C18H22N4O2S/c1-11(2)15(19-14(23)10-12-6-4-3-5-7-12)16(24)20-18-22-21-17(25-18)13-8-9-13/h3-7,11,13,15H,8-10H2,1-2H3,(H,19,23)(H,20,22,24)/t15-/m1/s1. The molecule has 2 amide bonds. The maximum atomic E-state index is 12.5. The highest BCUT2D eigenvalue weighted by Gasteiger charge is 2.29. The van der Waals surface area contributed by atoms with Gasteiger partial charge in [-0.1, -0.05) is 55.5 Å². The summed E-state index contributed by atoms with van der Waals surface area (Å²) >= 11 is 1.42. The molecule has 1 aliphatic rings. The summed E-state index contributed by atoms with van der Waals surface area (Å²) in [4.78, 5) is 24.8. The Balaban J connectivity index is 1.59. The van der Waals surface area contributed by atoms with Crippen molar-refractivity contribution in [2.45, 2.75) is 45.1 Å². The third-order valence-corrected chi connectivity index (χ3v) is 5.07. The molecule has 3 rings (SSSR count). The van der Waals surface area contributed by atoms with Crippen molar-refractivity contribution in [2.75, 3.05) is 5.32 Å². The number of nitrogens with zero attached hydrogens (tertiary/aromatic N) is 2. The first-order chi connectivity index (χ1) is 12.0. The second-order valence-corrected chi connectivity index (χ2v) is 7.67. The molecule has 0 aliphatic heterocycles. The molecule has 0 saturated heterocycles. The average molecular weight is 358 g/mol. The number of amides is 2. The highest BCUT2D eigenvalue weighted by atomic mass is 32.1. The smallest absolute Gasteiger partial charge is 0.249 e. The molecule has 132 valence electrons. The van der Waals surface area contributed by atoms with Crippen molar-refractivity contribution in [1.29, 1.82) is 0 Å². The Morgan fingerprint density at radius 1 is 1.20 bits per heavy atom. The van der Waals surface area contributed by atoms with Crippen LogP contribution in [0.5, 0.6) is 0 Å². The van der Waals surface area contributed by atoms with Gasteiger partial charge in [-0.15, -0.1) is 10.2 Å². The van der Waals surface area contributed by atoms with Crippen LogP contribution < -0.4 is 10.6 Å². The van der Waals surface area contributed by atoms with E-state index in [0.29, 0.717) is 11.0 Å². The van der Waals surface area contributed by atoms with Crippen LogP contribution in [0.15, 0.2) is 30.3 Å². The van der Waals surface area contributed by atoms with Gasteiger partial charge < -0.3 is 5.32 Å². The third-order valence-electron chi connectivity index (χ3n) is 4.07. The largest absolute Gasteiger partial charge is 0.344 e. The van der Waals surface area contributed by atoms with Crippen molar-refractivity contribution >= 4 is 28.3 Å². The number of benzene rings is 1. The first kappa shape index (κ1) is 17.5. The van der Waals surface area contributed by atoms with Crippen LogP contribution in [-0.4, -0.2) is 28.1 Å². The molecular formula is C18H22N4O2S. The van der Waals surface area contributed by atoms with Crippen LogP contribution in [0.2, 0.25) is 0 Å². The number of carbonyl (C=O) groups is 2. The summed E-state index contributed by atoms with van der Waals surface area (Å²) < 4.78 is 0. The van der Waals surface area contributed by atoms with Gasteiger partial charge in [-0.2, -0.15) is 0 Å². The van der Waals surface area contributed by atoms with E-state index in [1.165, 1.54) is 11.3 Å². The molecule has 0 unspecified atom stereocenters. The van der Waals surface area contributed by atoms with E-state index in [9.17, 15) is 9.59 Å². The van der Waals surface area contributed by atoms with E-state index in [2.05, 4.69) is 20.8 Å². The van der Waals surface area contributed by atoms with Gasteiger partial charge in [0.25, 0.3) is 0 Å². The molecule has 1 aromatic heterocycles. The highest BCUT2D eigenvalue weighted by molar-refractivity contribution is 7.15. The number of carbonyl (C=O) groups excluding carboxylic acids is 2.